The molecule has 1 amide bonds. The van der Waals surface area contributed by atoms with Gasteiger partial charge in [0.25, 0.3) is 11.2 Å². The van der Waals surface area contributed by atoms with E-state index >= 15 is 0 Å². The van der Waals surface area contributed by atoms with Gasteiger partial charge in [-0.1, -0.05) is 11.8 Å². The number of hydrogen-bond donors (Lipinski definition) is 1. The lowest BCUT2D eigenvalue weighted by atomic mass is 10.3. The van der Waals surface area contributed by atoms with Crippen molar-refractivity contribution in [2.75, 3.05) is 5.32 Å². The maximum Gasteiger partial charge on any atom is 0.272 e. The number of amides is 1. The van der Waals surface area contributed by atoms with Crippen molar-refractivity contribution >= 4 is 50.6 Å². The fourth-order valence-electron chi connectivity index (χ4n) is 2.41. The van der Waals surface area contributed by atoms with Crippen LogP contribution in [0.5, 0.6) is 0 Å². The average molecular weight is 404 g/mol. The molecule has 10 heteroatoms. The summed E-state index contributed by atoms with van der Waals surface area (Å²) in [6.45, 7) is 4.03. The molecule has 0 aliphatic heterocycles. The third kappa shape index (κ3) is 4.01. The summed E-state index contributed by atoms with van der Waals surface area (Å²) < 4.78 is 2.16. The lowest BCUT2D eigenvalue weighted by Gasteiger charge is -2.14. The quantitative estimate of drug-likeness (QED) is 0.292. The number of fused-ring (bicyclic) bond motifs is 1. The fraction of sp³-hybridized carbons (Fsp3) is 0.235. The number of thioether (sulfide) groups is 1. The van der Waals surface area contributed by atoms with Crippen molar-refractivity contribution in [2.24, 2.45) is 0 Å². The Kier molecular flexibility index (Phi) is 5.57. The standard InChI is InChI=1S/C17H16N4O4S2/c1-3-20-16(23)14-13(8-9-26-14)19-17(20)27-10(2)15(22)18-11-4-6-12(7-5-11)21(24)25/h4-10H,3H2,1-2H3,(H,18,22). The van der Waals surface area contributed by atoms with E-state index in [-0.39, 0.29) is 17.2 Å². The number of nitrogens with one attached hydrogen (secondary N) is 1. The average Bonchev–Trinajstić information content (AvgIpc) is 3.11. The van der Waals surface area contributed by atoms with Crippen LogP contribution in [0.1, 0.15) is 13.8 Å². The molecule has 0 bridgehead atoms. The van der Waals surface area contributed by atoms with E-state index in [1.807, 2.05) is 12.3 Å². The molecule has 3 aromatic rings. The first-order chi connectivity index (χ1) is 12.9. The Bertz CT molecular complexity index is 1060. The number of carbonyl (C=O) groups is 1. The predicted molar refractivity (Wildman–Crippen MR) is 107 cm³/mol. The Morgan fingerprint density at radius 2 is 2.07 bits per heavy atom. The van der Waals surface area contributed by atoms with Crippen LogP contribution in [0.25, 0.3) is 10.2 Å². The third-order valence-corrected chi connectivity index (χ3v) is 5.83. The van der Waals surface area contributed by atoms with E-state index in [9.17, 15) is 19.7 Å². The van der Waals surface area contributed by atoms with Crippen LogP contribution >= 0.6 is 23.1 Å². The highest BCUT2D eigenvalue weighted by atomic mass is 32.2. The summed E-state index contributed by atoms with van der Waals surface area (Å²) in [5.41, 5.74) is 0.936. The third-order valence-electron chi connectivity index (χ3n) is 3.84. The summed E-state index contributed by atoms with van der Waals surface area (Å²) in [7, 11) is 0. The second-order valence-corrected chi connectivity index (χ2v) is 7.86. The molecule has 140 valence electrons. The highest BCUT2D eigenvalue weighted by molar-refractivity contribution is 8.00. The van der Waals surface area contributed by atoms with Crippen molar-refractivity contribution < 1.29 is 9.72 Å². The molecule has 1 aromatic carbocycles. The van der Waals surface area contributed by atoms with Crippen molar-refractivity contribution in [1.29, 1.82) is 0 Å². The van der Waals surface area contributed by atoms with Gasteiger partial charge in [-0.2, -0.15) is 0 Å². The van der Waals surface area contributed by atoms with Crippen LogP contribution in [0.3, 0.4) is 0 Å². The molecule has 0 saturated heterocycles. The van der Waals surface area contributed by atoms with Gasteiger partial charge in [0, 0.05) is 24.4 Å². The Labute approximate surface area is 162 Å². The van der Waals surface area contributed by atoms with Gasteiger partial charge >= 0.3 is 0 Å². The summed E-state index contributed by atoms with van der Waals surface area (Å²) in [4.78, 5) is 39.7. The van der Waals surface area contributed by atoms with Crippen molar-refractivity contribution in [3.63, 3.8) is 0 Å². The highest BCUT2D eigenvalue weighted by Crippen LogP contribution is 2.25. The van der Waals surface area contributed by atoms with Gasteiger partial charge in [-0.15, -0.1) is 11.3 Å². The second kappa shape index (κ2) is 7.89. The van der Waals surface area contributed by atoms with Gasteiger partial charge in [0.05, 0.1) is 15.7 Å². The summed E-state index contributed by atoms with van der Waals surface area (Å²) in [6.07, 6.45) is 0. The molecule has 0 fully saturated rings. The van der Waals surface area contributed by atoms with Gasteiger partial charge in [0.1, 0.15) is 4.70 Å². The number of nitro benzene ring substituents is 1. The zero-order valence-electron chi connectivity index (χ0n) is 14.5. The molecule has 1 unspecified atom stereocenters. The number of non-ortho nitro benzene ring substituents is 1. The van der Waals surface area contributed by atoms with Gasteiger partial charge in [-0.3, -0.25) is 24.3 Å². The summed E-state index contributed by atoms with van der Waals surface area (Å²) in [5, 5.41) is 15.2. The fourth-order valence-corrected chi connectivity index (χ4v) is 4.17. The number of aromatic nitrogens is 2. The zero-order chi connectivity index (χ0) is 19.6. The molecule has 1 N–H and O–H groups in total. The lowest BCUT2D eigenvalue weighted by molar-refractivity contribution is -0.384. The van der Waals surface area contributed by atoms with Gasteiger partial charge < -0.3 is 5.32 Å². The van der Waals surface area contributed by atoms with Crippen LogP contribution in [-0.4, -0.2) is 25.6 Å². The molecule has 0 radical (unpaired) electrons. The molecule has 2 heterocycles. The zero-order valence-corrected chi connectivity index (χ0v) is 16.2. The van der Waals surface area contributed by atoms with Crippen LogP contribution in [0.4, 0.5) is 11.4 Å². The molecule has 0 aliphatic rings. The van der Waals surface area contributed by atoms with E-state index in [1.165, 1.54) is 47.4 Å². The van der Waals surface area contributed by atoms with E-state index in [4.69, 9.17) is 0 Å². The molecule has 27 heavy (non-hydrogen) atoms. The maximum absolute atomic E-state index is 12.5. The van der Waals surface area contributed by atoms with E-state index in [2.05, 4.69) is 10.3 Å². The molecule has 2 aromatic heterocycles. The SMILES string of the molecule is CCn1c(SC(C)C(=O)Nc2ccc([N+](=O)[O-])cc2)nc2ccsc2c1=O. The van der Waals surface area contributed by atoms with Crippen LogP contribution in [-0.2, 0) is 11.3 Å². The minimum atomic E-state index is -0.513. The van der Waals surface area contributed by atoms with Crippen LogP contribution in [0.15, 0.2) is 45.7 Å². The van der Waals surface area contributed by atoms with Crippen molar-refractivity contribution in [3.05, 3.63) is 56.2 Å². The monoisotopic (exact) mass is 404 g/mol. The number of anilines is 1. The smallest absolute Gasteiger partial charge is 0.272 e. The summed E-state index contributed by atoms with van der Waals surface area (Å²) >= 11 is 2.55. The minimum Gasteiger partial charge on any atom is -0.325 e. The number of nitro groups is 1. The van der Waals surface area contributed by atoms with Gasteiger partial charge in [0.2, 0.25) is 5.91 Å². The molecular weight excluding hydrogens is 388 g/mol. The first-order valence-corrected chi connectivity index (χ1v) is 9.86. The van der Waals surface area contributed by atoms with E-state index in [1.54, 1.807) is 17.6 Å². The molecular formula is C17H16N4O4S2. The number of thiophene rings is 1. The van der Waals surface area contributed by atoms with Gasteiger partial charge in [0.15, 0.2) is 5.16 Å². The topological polar surface area (TPSA) is 107 Å². The number of hydrogen-bond acceptors (Lipinski definition) is 7. The van der Waals surface area contributed by atoms with Gasteiger partial charge in [-0.05, 0) is 37.4 Å². The van der Waals surface area contributed by atoms with Crippen molar-refractivity contribution in [1.82, 2.24) is 9.55 Å². The minimum absolute atomic E-state index is 0.0457. The molecule has 3 rings (SSSR count). The van der Waals surface area contributed by atoms with E-state index < -0.39 is 10.2 Å². The number of carbonyl (C=O) groups excluding carboxylic acids is 1. The predicted octanol–water partition coefficient (Wildman–Crippen LogP) is 3.51. The number of nitrogens with zero attached hydrogens (tertiary/aromatic N) is 3. The first-order valence-electron chi connectivity index (χ1n) is 8.10. The Morgan fingerprint density at radius 3 is 2.70 bits per heavy atom. The molecule has 0 spiro atoms. The molecule has 0 aliphatic carbocycles. The Morgan fingerprint density at radius 1 is 1.37 bits per heavy atom. The highest BCUT2D eigenvalue weighted by Gasteiger charge is 2.19. The first kappa shape index (κ1) is 19.1. The van der Waals surface area contributed by atoms with Crippen LogP contribution in [0.2, 0.25) is 0 Å². The largest absolute Gasteiger partial charge is 0.325 e. The lowest BCUT2D eigenvalue weighted by Crippen LogP contribution is -2.26. The van der Waals surface area contributed by atoms with E-state index in [0.717, 1.165) is 0 Å². The van der Waals surface area contributed by atoms with Gasteiger partial charge in [-0.25, -0.2) is 4.98 Å². The molecule has 0 saturated carbocycles. The van der Waals surface area contributed by atoms with Crippen molar-refractivity contribution in [3.8, 4) is 0 Å². The number of benzene rings is 1. The molecule has 8 nitrogen and oxygen atoms in total. The second-order valence-electron chi connectivity index (χ2n) is 5.63. The van der Waals surface area contributed by atoms with E-state index in [0.29, 0.717) is 27.6 Å². The number of rotatable bonds is 6. The summed E-state index contributed by atoms with van der Waals surface area (Å²) in [6, 6.07) is 7.39. The van der Waals surface area contributed by atoms with Crippen LogP contribution < -0.4 is 10.9 Å². The Hall–Kier alpha value is -2.72. The maximum atomic E-state index is 12.5. The normalized spacial score (nSPS) is 12.1. The molecule has 1 atom stereocenters. The van der Waals surface area contributed by atoms with Crippen LogP contribution in [0, 0.1) is 10.1 Å². The Balaban J connectivity index is 1.77. The van der Waals surface area contributed by atoms with Crippen molar-refractivity contribution in [2.45, 2.75) is 30.8 Å². The summed E-state index contributed by atoms with van der Waals surface area (Å²) in [5.74, 6) is -0.281.